The molecule has 1 aromatic rings. The number of carbonyl (C=O) groups is 1. The van der Waals surface area contributed by atoms with E-state index in [4.69, 9.17) is 18.9 Å². The summed E-state index contributed by atoms with van der Waals surface area (Å²) in [7, 11) is 5.01. The predicted molar refractivity (Wildman–Crippen MR) is 138 cm³/mol. The summed E-state index contributed by atoms with van der Waals surface area (Å²) in [5.41, 5.74) is -2.24. The molecule has 208 valence electrons. The Morgan fingerprint density at radius 1 is 0.974 bits per heavy atom. The minimum atomic E-state index is -1.37. The van der Waals surface area contributed by atoms with Crippen LogP contribution in [-0.4, -0.2) is 91.1 Å². The fourth-order valence-corrected chi connectivity index (χ4v) is 11.0. The summed E-state index contributed by atoms with van der Waals surface area (Å²) in [5, 5.41) is 25.1. The first-order valence-electron chi connectivity index (χ1n) is 14.4. The van der Waals surface area contributed by atoms with E-state index in [0.717, 1.165) is 32.4 Å². The number of hydrogen-bond acceptors (Lipinski definition) is 8. The van der Waals surface area contributed by atoms with E-state index >= 15 is 0 Å². The normalized spacial score (nSPS) is 50.1. The van der Waals surface area contributed by atoms with Gasteiger partial charge in [0.25, 0.3) is 0 Å². The maximum atomic E-state index is 13.5. The zero-order valence-electron chi connectivity index (χ0n) is 22.8. The first-order valence-corrected chi connectivity index (χ1v) is 14.4. The van der Waals surface area contributed by atoms with Gasteiger partial charge in [0.2, 0.25) is 0 Å². The third-order valence-electron chi connectivity index (χ3n) is 12.1. The van der Waals surface area contributed by atoms with Crippen LogP contribution >= 0.6 is 0 Å². The average Bonchev–Trinajstić information content (AvgIpc) is 3.31. The Bertz CT molecular complexity index is 1110. The van der Waals surface area contributed by atoms with Crippen molar-refractivity contribution < 1.29 is 34.0 Å². The Kier molecular flexibility index (Phi) is 5.59. The molecule has 0 aromatic heterocycles. The first kappa shape index (κ1) is 25.3. The second-order valence-corrected chi connectivity index (χ2v) is 12.8. The molecule has 0 amide bonds. The molecule has 8 nitrogen and oxygen atoms in total. The van der Waals surface area contributed by atoms with Crippen LogP contribution in [0, 0.1) is 35.0 Å². The van der Waals surface area contributed by atoms with Gasteiger partial charge in [-0.1, -0.05) is 6.92 Å². The molecule has 4 unspecified atom stereocenters. The number of fused-ring (bicyclic) bond motifs is 2. The van der Waals surface area contributed by atoms with E-state index in [0.29, 0.717) is 36.0 Å². The molecular weight excluding hydrogens is 486 g/mol. The first-order chi connectivity index (χ1) is 18.3. The van der Waals surface area contributed by atoms with Crippen molar-refractivity contribution in [1.29, 1.82) is 0 Å². The van der Waals surface area contributed by atoms with Gasteiger partial charge >= 0.3 is 5.97 Å². The highest BCUT2D eigenvalue weighted by Crippen LogP contribution is 2.77. The van der Waals surface area contributed by atoms with E-state index in [1.54, 1.807) is 38.5 Å². The lowest BCUT2D eigenvalue weighted by Gasteiger charge is -2.67. The van der Waals surface area contributed by atoms with Crippen molar-refractivity contribution in [3.63, 3.8) is 0 Å². The maximum absolute atomic E-state index is 13.5. The summed E-state index contributed by atoms with van der Waals surface area (Å²) in [5.74, 6) is 0.810. The SMILES string of the molecule is CCN1C[C@@H]2CC[C@@H](OC)[C@@]34C5C[C@]6(O)C(OC(=O)c7ccc(OC)cc7)C5[C@](O)(C[C@@H]6OC)[C@H](C[C@H]23)C14. The van der Waals surface area contributed by atoms with E-state index in [1.807, 2.05) is 7.11 Å². The summed E-state index contributed by atoms with van der Waals surface area (Å²) in [6.45, 7) is 4.23. The lowest BCUT2D eigenvalue weighted by atomic mass is 9.46. The van der Waals surface area contributed by atoms with E-state index in [9.17, 15) is 15.0 Å². The van der Waals surface area contributed by atoms with Crippen molar-refractivity contribution in [2.24, 2.45) is 35.0 Å². The molecule has 1 saturated heterocycles. The van der Waals surface area contributed by atoms with Gasteiger partial charge in [-0.3, -0.25) is 4.90 Å². The number of likely N-dealkylation sites (tertiary alicyclic amines) is 1. The van der Waals surface area contributed by atoms with E-state index in [2.05, 4.69) is 11.8 Å². The maximum Gasteiger partial charge on any atom is 0.338 e. The molecule has 1 aliphatic heterocycles. The third kappa shape index (κ3) is 2.86. The fourth-order valence-electron chi connectivity index (χ4n) is 11.0. The molecule has 12 atom stereocenters. The highest BCUT2D eigenvalue weighted by molar-refractivity contribution is 5.89. The number of methoxy groups -OCH3 is 3. The molecule has 1 aromatic carbocycles. The van der Waals surface area contributed by atoms with Crippen LogP contribution in [-0.2, 0) is 14.2 Å². The van der Waals surface area contributed by atoms with Crippen molar-refractivity contribution in [3.8, 4) is 5.75 Å². The zero-order chi connectivity index (χ0) is 26.6. The number of aliphatic hydroxyl groups is 2. The number of nitrogens with zero attached hydrogens (tertiary/aromatic N) is 1. The van der Waals surface area contributed by atoms with E-state index < -0.39 is 29.4 Å². The Morgan fingerprint density at radius 2 is 1.71 bits per heavy atom. The molecule has 2 N–H and O–H groups in total. The lowest BCUT2D eigenvalue weighted by molar-refractivity contribution is -0.271. The molecule has 1 heterocycles. The molecule has 0 radical (unpaired) electrons. The van der Waals surface area contributed by atoms with Gasteiger partial charge in [-0.05, 0) is 74.2 Å². The van der Waals surface area contributed by atoms with Crippen molar-refractivity contribution in [2.45, 2.75) is 74.6 Å². The smallest absolute Gasteiger partial charge is 0.338 e. The number of piperidine rings is 1. The van der Waals surface area contributed by atoms with Gasteiger partial charge in [0.15, 0.2) is 0 Å². The summed E-state index contributed by atoms with van der Waals surface area (Å²) in [6, 6.07) is 7.01. The second kappa shape index (κ2) is 8.40. The largest absolute Gasteiger partial charge is 0.497 e. The van der Waals surface area contributed by atoms with E-state index in [1.165, 1.54) is 0 Å². The van der Waals surface area contributed by atoms with E-state index in [-0.39, 0.29) is 35.3 Å². The number of ether oxygens (including phenoxy) is 4. The van der Waals surface area contributed by atoms with Crippen LogP contribution in [0.5, 0.6) is 5.75 Å². The molecule has 38 heavy (non-hydrogen) atoms. The summed E-state index contributed by atoms with van der Waals surface area (Å²) < 4.78 is 23.7. The summed E-state index contributed by atoms with van der Waals surface area (Å²) in [4.78, 5) is 16.1. The van der Waals surface area contributed by atoms with Crippen LogP contribution in [0.3, 0.4) is 0 Å². The lowest BCUT2D eigenvalue weighted by Crippen LogP contribution is -2.75. The summed E-state index contributed by atoms with van der Waals surface area (Å²) >= 11 is 0. The van der Waals surface area contributed by atoms with Crippen molar-refractivity contribution in [2.75, 3.05) is 34.4 Å². The summed E-state index contributed by atoms with van der Waals surface area (Å²) in [6.07, 6.45) is 2.50. The standard InChI is InChI=1S/C30H41NO7/c1-5-31-15-17-8-11-22(36-3)30-19(17)12-20(25(30)31)28(33)14-23(37-4)29(34)13-21(30)24(28)26(29)38-27(32)16-6-9-18(35-2)10-7-16/h6-7,9-10,17,19-26,33-34H,5,8,11-15H2,1-4H3/t17-,19+,20+,21?,22+,23-,24?,25?,26?,28-,29+,30-/m0/s1. The van der Waals surface area contributed by atoms with Crippen molar-refractivity contribution >= 4 is 5.97 Å². The molecule has 1 spiro atoms. The molecule has 7 rings (SSSR count). The number of carbonyl (C=O) groups excluding carboxylic acids is 1. The highest BCUT2D eigenvalue weighted by Gasteiger charge is 2.84. The molecular formula is C30H41NO7. The number of benzene rings is 1. The predicted octanol–water partition coefficient (Wildman–Crippen LogP) is 2.50. The quantitative estimate of drug-likeness (QED) is 0.545. The van der Waals surface area contributed by atoms with Gasteiger partial charge in [-0.15, -0.1) is 0 Å². The Morgan fingerprint density at radius 3 is 2.37 bits per heavy atom. The fraction of sp³-hybridized carbons (Fsp3) is 0.767. The van der Waals surface area contributed by atoms with Crippen LogP contribution in [0.4, 0.5) is 0 Å². The van der Waals surface area contributed by atoms with Gasteiger partial charge in [-0.2, -0.15) is 0 Å². The number of esters is 1. The monoisotopic (exact) mass is 527 g/mol. The minimum Gasteiger partial charge on any atom is -0.497 e. The second-order valence-electron chi connectivity index (χ2n) is 12.8. The third-order valence-corrected chi connectivity index (χ3v) is 12.1. The number of hydrogen-bond donors (Lipinski definition) is 2. The molecule has 5 aliphatic carbocycles. The Hall–Kier alpha value is -1.71. The molecule has 8 heteroatoms. The van der Waals surface area contributed by atoms with Gasteiger partial charge in [0.05, 0.1) is 30.5 Å². The van der Waals surface area contributed by atoms with Crippen LogP contribution < -0.4 is 4.74 Å². The van der Waals surface area contributed by atoms with Gasteiger partial charge < -0.3 is 29.2 Å². The average molecular weight is 528 g/mol. The zero-order valence-corrected chi connectivity index (χ0v) is 22.8. The van der Waals surface area contributed by atoms with Gasteiger partial charge in [0, 0.05) is 50.5 Å². The van der Waals surface area contributed by atoms with Gasteiger partial charge in [0.1, 0.15) is 17.5 Å². The van der Waals surface area contributed by atoms with Crippen molar-refractivity contribution in [3.05, 3.63) is 29.8 Å². The Labute approximate surface area is 224 Å². The molecule has 7 bridgehead atoms. The molecule has 5 saturated carbocycles. The van der Waals surface area contributed by atoms with Crippen LogP contribution in [0.1, 0.15) is 49.4 Å². The van der Waals surface area contributed by atoms with Crippen LogP contribution in [0.2, 0.25) is 0 Å². The molecule has 6 fully saturated rings. The van der Waals surface area contributed by atoms with Crippen LogP contribution in [0.25, 0.3) is 0 Å². The topological polar surface area (TPSA) is 97.7 Å². The minimum absolute atomic E-state index is 0.0249. The van der Waals surface area contributed by atoms with Crippen LogP contribution in [0.15, 0.2) is 24.3 Å². The van der Waals surface area contributed by atoms with Gasteiger partial charge in [-0.25, -0.2) is 4.79 Å². The highest BCUT2D eigenvalue weighted by atomic mass is 16.6. The number of rotatable bonds is 6. The molecule has 6 aliphatic rings. The van der Waals surface area contributed by atoms with Crippen molar-refractivity contribution in [1.82, 2.24) is 4.90 Å². The Balaban J connectivity index is 1.35.